The molecule has 0 spiro atoms. The lowest BCUT2D eigenvalue weighted by atomic mass is 10.2. The number of amides is 1. The Balaban J connectivity index is 2.51. The lowest BCUT2D eigenvalue weighted by Crippen LogP contribution is -2.15. The van der Waals surface area contributed by atoms with Gasteiger partial charge in [0, 0.05) is 24.3 Å². The van der Waals surface area contributed by atoms with Crippen molar-refractivity contribution in [3.05, 3.63) is 23.8 Å². The lowest BCUT2D eigenvalue weighted by Gasteiger charge is -2.07. The third kappa shape index (κ3) is 2.97. The zero-order chi connectivity index (χ0) is 10.6. The summed E-state index contributed by atoms with van der Waals surface area (Å²) in [5.74, 6) is -0.308. The molecule has 0 radical (unpaired) electrons. The maximum absolute atomic E-state index is 10.5. The first-order valence-electron chi connectivity index (χ1n) is 4.48. The lowest BCUT2D eigenvalue weighted by molar-refractivity contribution is -0.117. The highest BCUT2D eigenvalue weighted by molar-refractivity contribution is 5.74. The van der Waals surface area contributed by atoms with E-state index in [0.717, 1.165) is 16.9 Å². The van der Waals surface area contributed by atoms with Crippen LogP contribution in [0, 0.1) is 6.92 Å². The molecule has 1 aromatic rings. The van der Waals surface area contributed by atoms with Crippen LogP contribution < -0.4 is 16.8 Å². The SMILES string of the molecule is Cc1ccc(NCCC(N)=O)cc1N. The van der Waals surface area contributed by atoms with Gasteiger partial charge in [0.25, 0.3) is 0 Å². The van der Waals surface area contributed by atoms with E-state index in [4.69, 9.17) is 11.5 Å². The summed E-state index contributed by atoms with van der Waals surface area (Å²) in [5.41, 5.74) is 13.4. The molecular formula is C10H15N3O. The van der Waals surface area contributed by atoms with Crippen molar-refractivity contribution in [2.24, 2.45) is 5.73 Å². The van der Waals surface area contributed by atoms with E-state index < -0.39 is 0 Å². The number of anilines is 2. The smallest absolute Gasteiger partial charge is 0.219 e. The van der Waals surface area contributed by atoms with E-state index >= 15 is 0 Å². The number of rotatable bonds is 4. The third-order valence-electron chi connectivity index (χ3n) is 1.98. The van der Waals surface area contributed by atoms with E-state index in [1.54, 1.807) is 0 Å². The molecule has 0 saturated heterocycles. The zero-order valence-corrected chi connectivity index (χ0v) is 8.21. The third-order valence-corrected chi connectivity index (χ3v) is 1.98. The van der Waals surface area contributed by atoms with E-state index in [2.05, 4.69) is 5.32 Å². The Morgan fingerprint density at radius 3 is 2.79 bits per heavy atom. The van der Waals surface area contributed by atoms with Gasteiger partial charge < -0.3 is 16.8 Å². The molecule has 0 aromatic heterocycles. The standard InChI is InChI=1S/C10H15N3O/c1-7-2-3-8(6-9(7)11)13-5-4-10(12)14/h2-3,6,13H,4-5,11H2,1H3,(H2,12,14). The molecule has 0 aliphatic heterocycles. The van der Waals surface area contributed by atoms with Crippen molar-refractivity contribution in [3.63, 3.8) is 0 Å². The summed E-state index contributed by atoms with van der Waals surface area (Å²) in [6, 6.07) is 5.70. The van der Waals surface area contributed by atoms with Crippen LogP contribution in [-0.4, -0.2) is 12.5 Å². The van der Waals surface area contributed by atoms with Crippen LogP contribution in [0.5, 0.6) is 0 Å². The van der Waals surface area contributed by atoms with Crippen molar-refractivity contribution < 1.29 is 4.79 Å². The van der Waals surface area contributed by atoms with Gasteiger partial charge in [0.15, 0.2) is 0 Å². The van der Waals surface area contributed by atoms with Gasteiger partial charge in [0.1, 0.15) is 0 Å². The van der Waals surface area contributed by atoms with Gasteiger partial charge in [0.2, 0.25) is 5.91 Å². The summed E-state index contributed by atoms with van der Waals surface area (Å²) < 4.78 is 0. The molecule has 4 nitrogen and oxygen atoms in total. The molecular weight excluding hydrogens is 178 g/mol. The minimum atomic E-state index is -0.308. The van der Waals surface area contributed by atoms with Gasteiger partial charge >= 0.3 is 0 Å². The predicted octanol–water partition coefficient (Wildman–Crippen LogP) is 0.865. The van der Waals surface area contributed by atoms with Crippen molar-refractivity contribution in [1.82, 2.24) is 0 Å². The number of aryl methyl sites for hydroxylation is 1. The number of primary amides is 1. The second-order valence-electron chi connectivity index (χ2n) is 3.21. The summed E-state index contributed by atoms with van der Waals surface area (Å²) in [6.07, 6.45) is 0.327. The second kappa shape index (κ2) is 4.50. The molecule has 0 aliphatic rings. The highest BCUT2D eigenvalue weighted by Crippen LogP contribution is 2.16. The monoisotopic (exact) mass is 193 g/mol. The molecule has 0 fully saturated rings. The van der Waals surface area contributed by atoms with Gasteiger partial charge in [-0.25, -0.2) is 0 Å². The Morgan fingerprint density at radius 2 is 2.21 bits per heavy atom. The molecule has 0 aliphatic carbocycles. The van der Waals surface area contributed by atoms with Crippen LogP contribution in [0.2, 0.25) is 0 Å². The Morgan fingerprint density at radius 1 is 1.50 bits per heavy atom. The molecule has 1 amide bonds. The predicted molar refractivity (Wildman–Crippen MR) is 57.9 cm³/mol. The average molecular weight is 193 g/mol. The van der Waals surface area contributed by atoms with Crippen molar-refractivity contribution in [1.29, 1.82) is 0 Å². The van der Waals surface area contributed by atoms with Crippen LogP contribution in [0.1, 0.15) is 12.0 Å². The van der Waals surface area contributed by atoms with E-state index in [0.29, 0.717) is 13.0 Å². The topological polar surface area (TPSA) is 81.1 Å². The summed E-state index contributed by atoms with van der Waals surface area (Å²) in [4.78, 5) is 10.5. The average Bonchev–Trinajstić information content (AvgIpc) is 2.10. The maximum Gasteiger partial charge on any atom is 0.219 e. The van der Waals surface area contributed by atoms with E-state index in [1.165, 1.54) is 0 Å². The highest BCUT2D eigenvalue weighted by atomic mass is 16.1. The molecule has 0 heterocycles. The number of nitrogens with one attached hydrogen (secondary N) is 1. The van der Waals surface area contributed by atoms with Crippen LogP contribution in [0.15, 0.2) is 18.2 Å². The Bertz CT molecular complexity index is 336. The normalized spacial score (nSPS) is 9.79. The molecule has 76 valence electrons. The number of hydrogen-bond acceptors (Lipinski definition) is 3. The molecule has 0 bridgehead atoms. The largest absolute Gasteiger partial charge is 0.398 e. The number of carbonyl (C=O) groups excluding carboxylic acids is 1. The van der Waals surface area contributed by atoms with Gasteiger partial charge in [0.05, 0.1) is 0 Å². The molecule has 4 heteroatoms. The molecule has 1 rings (SSSR count). The number of hydrogen-bond donors (Lipinski definition) is 3. The van der Waals surface area contributed by atoms with Crippen LogP contribution >= 0.6 is 0 Å². The van der Waals surface area contributed by atoms with Crippen molar-refractivity contribution in [2.45, 2.75) is 13.3 Å². The zero-order valence-electron chi connectivity index (χ0n) is 8.21. The fraction of sp³-hybridized carbons (Fsp3) is 0.300. The molecule has 14 heavy (non-hydrogen) atoms. The number of nitrogens with two attached hydrogens (primary N) is 2. The van der Waals surface area contributed by atoms with Gasteiger partial charge in [-0.1, -0.05) is 6.07 Å². The fourth-order valence-electron chi connectivity index (χ4n) is 1.08. The van der Waals surface area contributed by atoms with Crippen LogP contribution in [-0.2, 0) is 4.79 Å². The van der Waals surface area contributed by atoms with Crippen LogP contribution in [0.3, 0.4) is 0 Å². The second-order valence-corrected chi connectivity index (χ2v) is 3.21. The summed E-state index contributed by atoms with van der Waals surface area (Å²) >= 11 is 0. The minimum absolute atomic E-state index is 0.308. The van der Waals surface area contributed by atoms with E-state index in [1.807, 2.05) is 25.1 Å². The fourth-order valence-corrected chi connectivity index (χ4v) is 1.08. The van der Waals surface area contributed by atoms with E-state index in [-0.39, 0.29) is 5.91 Å². The Kier molecular flexibility index (Phi) is 3.34. The highest BCUT2D eigenvalue weighted by Gasteiger charge is 1.97. The van der Waals surface area contributed by atoms with Gasteiger partial charge in [-0.3, -0.25) is 4.79 Å². The number of benzene rings is 1. The molecule has 5 N–H and O–H groups in total. The molecule has 0 unspecified atom stereocenters. The summed E-state index contributed by atoms with van der Waals surface area (Å²) in [7, 11) is 0. The first-order chi connectivity index (χ1) is 6.59. The number of carbonyl (C=O) groups is 1. The van der Waals surface area contributed by atoms with Crippen LogP contribution in [0.4, 0.5) is 11.4 Å². The molecule has 0 atom stereocenters. The maximum atomic E-state index is 10.5. The van der Waals surface area contributed by atoms with E-state index in [9.17, 15) is 4.79 Å². The summed E-state index contributed by atoms with van der Waals surface area (Å²) in [6.45, 7) is 2.49. The Labute approximate surface area is 83.3 Å². The summed E-state index contributed by atoms with van der Waals surface area (Å²) in [5, 5.41) is 3.06. The first-order valence-corrected chi connectivity index (χ1v) is 4.48. The van der Waals surface area contributed by atoms with Crippen molar-refractivity contribution in [3.8, 4) is 0 Å². The quantitative estimate of drug-likeness (QED) is 0.620. The minimum Gasteiger partial charge on any atom is -0.398 e. The molecule has 0 saturated carbocycles. The van der Waals surface area contributed by atoms with Crippen molar-refractivity contribution >= 4 is 17.3 Å². The number of nitrogen functional groups attached to an aromatic ring is 1. The van der Waals surface area contributed by atoms with Gasteiger partial charge in [-0.2, -0.15) is 0 Å². The van der Waals surface area contributed by atoms with Crippen molar-refractivity contribution in [2.75, 3.05) is 17.6 Å². The van der Waals surface area contributed by atoms with Gasteiger partial charge in [-0.15, -0.1) is 0 Å². The first kappa shape index (κ1) is 10.4. The Hall–Kier alpha value is -1.71. The van der Waals surface area contributed by atoms with Gasteiger partial charge in [-0.05, 0) is 24.6 Å². The van der Waals surface area contributed by atoms with Crippen LogP contribution in [0.25, 0.3) is 0 Å². The molecule has 1 aromatic carbocycles.